The number of anilines is 1. The molecule has 25 heavy (non-hydrogen) atoms. The summed E-state index contributed by atoms with van der Waals surface area (Å²) in [6.07, 6.45) is -4.45. The van der Waals surface area contributed by atoms with E-state index in [1.807, 2.05) is 0 Å². The molecule has 0 spiro atoms. The fourth-order valence-corrected chi connectivity index (χ4v) is 3.31. The monoisotopic (exact) mass is 366 g/mol. The van der Waals surface area contributed by atoms with Gasteiger partial charge in [-0.15, -0.1) is 11.3 Å². The Morgan fingerprint density at radius 3 is 2.56 bits per heavy atom. The second-order valence-electron chi connectivity index (χ2n) is 5.13. The van der Waals surface area contributed by atoms with Gasteiger partial charge < -0.3 is 10.6 Å². The summed E-state index contributed by atoms with van der Waals surface area (Å²) in [7, 11) is 3.12. The molecule has 1 aromatic carbocycles. The molecule has 9 heteroatoms. The summed E-state index contributed by atoms with van der Waals surface area (Å²) in [5.41, 5.74) is -0.114. The number of thiophene rings is 1. The molecule has 5 nitrogen and oxygen atoms in total. The van der Waals surface area contributed by atoms with E-state index in [0.717, 1.165) is 23.5 Å². The van der Waals surface area contributed by atoms with E-state index in [-0.39, 0.29) is 11.9 Å². The third kappa shape index (κ3) is 3.27. The summed E-state index contributed by atoms with van der Waals surface area (Å²) in [6, 6.07) is 6.52. The summed E-state index contributed by atoms with van der Waals surface area (Å²) in [4.78, 5) is 21.4. The minimum Gasteiger partial charge on any atom is -0.357 e. The van der Waals surface area contributed by atoms with Crippen molar-refractivity contribution in [2.45, 2.75) is 6.18 Å². The summed E-state index contributed by atoms with van der Waals surface area (Å²) in [5, 5.41) is 5.84. The number of carbonyl (C=O) groups is 1. The van der Waals surface area contributed by atoms with E-state index in [9.17, 15) is 18.0 Å². The van der Waals surface area contributed by atoms with Crippen LogP contribution in [0.25, 0.3) is 21.5 Å². The predicted octanol–water partition coefficient (Wildman–Crippen LogP) is 3.78. The quantitative estimate of drug-likeness (QED) is 0.740. The highest BCUT2D eigenvalue weighted by atomic mass is 32.1. The number of amides is 1. The van der Waals surface area contributed by atoms with Gasteiger partial charge in [-0.1, -0.05) is 12.1 Å². The van der Waals surface area contributed by atoms with E-state index in [2.05, 4.69) is 20.6 Å². The number of fused-ring (bicyclic) bond motifs is 1. The number of benzene rings is 1. The van der Waals surface area contributed by atoms with Crippen molar-refractivity contribution >= 4 is 33.4 Å². The van der Waals surface area contributed by atoms with Crippen molar-refractivity contribution in [3.8, 4) is 11.3 Å². The van der Waals surface area contributed by atoms with E-state index in [1.54, 1.807) is 19.2 Å². The van der Waals surface area contributed by atoms with Crippen LogP contribution >= 0.6 is 11.3 Å². The second kappa shape index (κ2) is 6.32. The highest BCUT2D eigenvalue weighted by Crippen LogP contribution is 2.36. The second-order valence-corrected chi connectivity index (χ2v) is 6.16. The van der Waals surface area contributed by atoms with Gasteiger partial charge in [0.25, 0.3) is 5.91 Å². The fourth-order valence-electron chi connectivity index (χ4n) is 2.33. The average Bonchev–Trinajstić information content (AvgIpc) is 3.03. The summed E-state index contributed by atoms with van der Waals surface area (Å²) in [6.45, 7) is 0. The van der Waals surface area contributed by atoms with Crippen LogP contribution < -0.4 is 10.6 Å². The Labute approximate surface area is 144 Å². The van der Waals surface area contributed by atoms with E-state index in [0.29, 0.717) is 26.4 Å². The molecule has 0 unspecified atom stereocenters. The van der Waals surface area contributed by atoms with Crippen molar-refractivity contribution in [3.05, 3.63) is 40.8 Å². The van der Waals surface area contributed by atoms with E-state index in [4.69, 9.17) is 0 Å². The highest BCUT2D eigenvalue weighted by molar-refractivity contribution is 7.20. The Hall–Kier alpha value is -2.68. The van der Waals surface area contributed by atoms with Crippen LogP contribution in [0.4, 0.5) is 19.1 Å². The van der Waals surface area contributed by atoms with Crippen LogP contribution in [0.3, 0.4) is 0 Å². The molecule has 0 radical (unpaired) electrons. The van der Waals surface area contributed by atoms with Gasteiger partial charge in [-0.05, 0) is 18.2 Å². The molecule has 0 aliphatic carbocycles. The Kier molecular flexibility index (Phi) is 4.34. The molecule has 0 saturated carbocycles. The largest absolute Gasteiger partial charge is 0.416 e. The maximum atomic E-state index is 13.0. The molecular weight excluding hydrogens is 353 g/mol. The zero-order valence-corrected chi connectivity index (χ0v) is 14.0. The van der Waals surface area contributed by atoms with Crippen molar-refractivity contribution < 1.29 is 18.0 Å². The standard InChI is InChI=1S/C16H13F3N4OS/c1-20-13(24)11-7-10-12(22-15(21-2)23-14(10)25-11)8-4-3-5-9(6-8)16(17,18)19/h3-7H,1-2H3,(H,20,24)(H,21,22,23). The molecule has 3 aromatic rings. The molecule has 3 rings (SSSR count). The molecule has 0 aliphatic rings. The maximum absolute atomic E-state index is 13.0. The lowest BCUT2D eigenvalue weighted by Gasteiger charge is -2.10. The normalized spacial score (nSPS) is 11.6. The fraction of sp³-hybridized carbons (Fsp3) is 0.188. The van der Waals surface area contributed by atoms with Crippen molar-refractivity contribution in [2.24, 2.45) is 0 Å². The highest BCUT2D eigenvalue weighted by Gasteiger charge is 2.30. The molecule has 2 N–H and O–H groups in total. The molecule has 0 fully saturated rings. The number of alkyl halides is 3. The van der Waals surface area contributed by atoms with Gasteiger partial charge in [0.05, 0.1) is 16.1 Å². The number of carbonyl (C=O) groups excluding carboxylic acids is 1. The smallest absolute Gasteiger partial charge is 0.357 e. The van der Waals surface area contributed by atoms with Gasteiger partial charge in [0, 0.05) is 25.0 Å². The number of hydrogen-bond donors (Lipinski definition) is 2. The van der Waals surface area contributed by atoms with Gasteiger partial charge in [0.15, 0.2) is 0 Å². The van der Waals surface area contributed by atoms with Crippen molar-refractivity contribution in [3.63, 3.8) is 0 Å². The number of aromatic nitrogens is 2. The zero-order chi connectivity index (χ0) is 18.2. The molecule has 2 heterocycles. The third-order valence-electron chi connectivity index (χ3n) is 3.53. The van der Waals surface area contributed by atoms with Crippen LogP contribution in [0, 0.1) is 0 Å². The molecule has 130 valence electrons. The topological polar surface area (TPSA) is 66.9 Å². The molecular formula is C16H13F3N4OS. The zero-order valence-electron chi connectivity index (χ0n) is 13.2. The molecule has 1 amide bonds. The van der Waals surface area contributed by atoms with Gasteiger partial charge in [0.1, 0.15) is 4.83 Å². The molecule has 0 atom stereocenters. The van der Waals surface area contributed by atoms with Crippen LogP contribution in [0.1, 0.15) is 15.2 Å². The van der Waals surface area contributed by atoms with E-state index in [1.165, 1.54) is 13.1 Å². The first-order valence-electron chi connectivity index (χ1n) is 7.22. The molecule has 0 saturated heterocycles. The van der Waals surface area contributed by atoms with Crippen molar-refractivity contribution in [2.75, 3.05) is 19.4 Å². The maximum Gasteiger partial charge on any atom is 0.416 e. The van der Waals surface area contributed by atoms with Crippen LogP contribution in [0.5, 0.6) is 0 Å². The van der Waals surface area contributed by atoms with Crippen molar-refractivity contribution in [1.29, 1.82) is 0 Å². The van der Waals surface area contributed by atoms with E-state index < -0.39 is 11.7 Å². The lowest BCUT2D eigenvalue weighted by Crippen LogP contribution is -2.15. The Morgan fingerprint density at radius 2 is 1.92 bits per heavy atom. The lowest BCUT2D eigenvalue weighted by molar-refractivity contribution is -0.137. The predicted molar refractivity (Wildman–Crippen MR) is 90.8 cm³/mol. The Balaban J connectivity index is 2.24. The van der Waals surface area contributed by atoms with E-state index >= 15 is 0 Å². The number of halogens is 3. The first kappa shape index (κ1) is 17.2. The SMILES string of the molecule is CNC(=O)c1cc2c(-c3cccc(C(F)(F)F)c3)nc(NC)nc2s1. The first-order chi connectivity index (χ1) is 11.8. The van der Waals surface area contributed by atoms with Gasteiger partial charge in [-0.25, -0.2) is 9.97 Å². The number of hydrogen-bond acceptors (Lipinski definition) is 5. The Bertz CT molecular complexity index is 952. The summed E-state index contributed by atoms with van der Waals surface area (Å²) >= 11 is 1.15. The van der Waals surface area contributed by atoms with Gasteiger partial charge in [-0.2, -0.15) is 13.2 Å². The van der Waals surface area contributed by atoms with Crippen LogP contribution in [0.2, 0.25) is 0 Å². The number of rotatable bonds is 3. The minimum atomic E-state index is -4.45. The summed E-state index contributed by atoms with van der Waals surface area (Å²) < 4.78 is 39.0. The van der Waals surface area contributed by atoms with Gasteiger partial charge in [0.2, 0.25) is 5.95 Å². The Morgan fingerprint density at radius 1 is 1.16 bits per heavy atom. The molecule has 0 aliphatic heterocycles. The van der Waals surface area contributed by atoms with Crippen LogP contribution in [0.15, 0.2) is 30.3 Å². The van der Waals surface area contributed by atoms with Crippen LogP contribution in [-0.4, -0.2) is 30.0 Å². The number of nitrogens with one attached hydrogen (secondary N) is 2. The minimum absolute atomic E-state index is 0.269. The lowest BCUT2D eigenvalue weighted by atomic mass is 10.1. The van der Waals surface area contributed by atoms with Crippen LogP contribution in [-0.2, 0) is 6.18 Å². The van der Waals surface area contributed by atoms with Gasteiger partial charge >= 0.3 is 6.18 Å². The van der Waals surface area contributed by atoms with Gasteiger partial charge in [-0.3, -0.25) is 4.79 Å². The van der Waals surface area contributed by atoms with Crippen molar-refractivity contribution in [1.82, 2.24) is 15.3 Å². The first-order valence-corrected chi connectivity index (χ1v) is 8.04. The summed E-state index contributed by atoms with van der Waals surface area (Å²) in [5.74, 6) is -0.0192. The average molecular weight is 366 g/mol. The molecule has 0 bridgehead atoms. The number of nitrogens with zero attached hydrogens (tertiary/aromatic N) is 2. The third-order valence-corrected chi connectivity index (χ3v) is 4.56. The molecule has 2 aromatic heterocycles.